The predicted octanol–water partition coefficient (Wildman–Crippen LogP) is 3.28. The zero-order valence-corrected chi connectivity index (χ0v) is 18.9. The van der Waals surface area contributed by atoms with E-state index in [1.165, 1.54) is 0 Å². The van der Waals surface area contributed by atoms with Gasteiger partial charge < -0.3 is 25.1 Å². The second kappa shape index (κ2) is 14.0. The number of hydrogen-bond acceptors (Lipinski definition) is 6. The van der Waals surface area contributed by atoms with E-state index in [1.807, 2.05) is 19.1 Å². The molecule has 8 nitrogen and oxygen atoms in total. The molecule has 0 aliphatic carbocycles. The normalized spacial score (nSPS) is 11.7. The molecular weight excluding hydrogens is 516 g/mol. The average Bonchev–Trinajstić information content (AvgIpc) is 3.21. The third-order valence-corrected chi connectivity index (χ3v) is 3.53. The molecule has 0 saturated carbocycles. The molecule has 2 aromatic rings. The zero-order valence-electron chi connectivity index (χ0n) is 16.5. The molecule has 2 rings (SSSR count). The van der Waals surface area contributed by atoms with Crippen molar-refractivity contribution in [2.75, 3.05) is 38.1 Å². The van der Waals surface area contributed by atoms with Crippen LogP contribution in [0.15, 0.2) is 40.1 Å². The molecule has 2 aromatic heterocycles. The van der Waals surface area contributed by atoms with Crippen molar-refractivity contribution in [2.45, 2.75) is 26.1 Å². The van der Waals surface area contributed by atoms with Gasteiger partial charge in [0.2, 0.25) is 5.95 Å². The maximum Gasteiger partial charge on any atom is 0.433 e. The third kappa shape index (κ3) is 10.1. The lowest BCUT2D eigenvalue weighted by Gasteiger charge is -2.12. The van der Waals surface area contributed by atoms with E-state index >= 15 is 0 Å². The molecule has 0 unspecified atom stereocenters. The summed E-state index contributed by atoms with van der Waals surface area (Å²) in [6, 6.07) is 4.49. The van der Waals surface area contributed by atoms with Crippen molar-refractivity contribution in [3.8, 4) is 0 Å². The van der Waals surface area contributed by atoms with Gasteiger partial charge in [-0.25, -0.2) is 9.97 Å². The van der Waals surface area contributed by atoms with Crippen LogP contribution in [0.5, 0.6) is 0 Å². The van der Waals surface area contributed by atoms with Crippen molar-refractivity contribution in [3.63, 3.8) is 0 Å². The Kier molecular flexibility index (Phi) is 12.1. The first-order chi connectivity index (χ1) is 14.0. The Morgan fingerprint density at radius 3 is 2.77 bits per heavy atom. The Balaban J connectivity index is 0.00000450. The maximum atomic E-state index is 12.6. The van der Waals surface area contributed by atoms with E-state index in [0.29, 0.717) is 45.4 Å². The first-order valence-electron chi connectivity index (χ1n) is 9.25. The molecule has 12 heteroatoms. The molecule has 3 N–H and O–H groups in total. The summed E-state index contributed by atoms with van der Waals surface area (Å²) in [4.78, 5) is 11.7. The fourth-order valence-corrected chi connectivity index (χ4v) is 2.22. The van der Waals surface area contributed by atoms with E-state index in [-0.39, 0.29) is 29.9 Å². The molecule has 0 aromatic carbocycles. The number of nitrogens with zero attached hydrogens (tertiary/aromatic N) is 3. The van der Waals surface area contributed by atoms with Crippen molar-refractivity contribution in [3.05, 3.63) is 42.1 Å². The van der Waals surface area contributed by atoms with Gasteiger partial charge in [-0.15, -0.1) is 24.0 Å². The third-order valence-electron chi connectivity index (χ3n) is 3.53. The Bertz CT molecular complexity index is 744. The van der Waals surface area contributed by atoms with Crippen LogP contribution < -0.4 is 16.0 Å². The lowest BCUT2D eigenvalue weighted by Crippen LogP contribution is -2.39. The Morgan fingerprint density at radius 2 is 2.07 bits per heavy atom. The highest BCUT2D eigenvalue weighted by Crippen LogP contribution is 2.27. The molecule has 0 atom stereocenters. The summed E-state index contributed by atoms with van der Waals surface area (Å²) >= 11 is 0. The van der Waals surface area contributed by atoms with Gasteiger partial charge in [0.25, 0.3) is 0 Å². The number of rotatable bonds is 11. The van der Waals surface area contributed by atoms with Gasteiger partial charge in [0.05, 0.1) is 6.26 Å². The zero-order chi connectivity index (χ0) is 21.0. The highest BCUT2D eigenvalue weighted by Gasteiger charge is 2.32. The van der Waals surface area contributed by atoms with E-state index < -0.39 is 11.9 Å². The summed E-state index contributed by atoms with van der Waals surface area (Å²) in [6.45, 7) is 4.94. The van der Waals surface area contributed by atoms with Crippen LogP contribution in [0.4, 0.5) is 19.1 Å². The molecule has 0 spiro atoms. The van der Waals surface area contributed by atoms with Crippen molar-refractivity contribution in [2.24, 2.45) is 4.99 Å². The second-order valence-corrected chi connectivity index (χ2v) is 5.86. The van der Waals surface area contributed by atoms with Gasteiger partial charge in [0, 0.05) is 39.0 Å². The van der Waals surface area contributed by atoms with E-state index in [2.05, 4.69) is 30.9 Å². The van der Waals surface area contributed by atoms with Crippen molar-refractivity contribution >= 4 is 35.9 Å². The number of aromatic nitrogens is 2. The van der Waals surface area contributed by atoms with Crippen LogP contribution in [0.1, 0.15) is 24.8 Å². The molecular formula is C18H26F3IN6O2. The van der Waals surface area contributed by atoms with Crippen LogP contribution in [0.3, 0.4) is 0 Å². The van der Waals surface area contributed by atoms with E-state index in [9.17, 15) is 13.2 Å². The molecule has 0 fully saturated rings. The lowest BCUT2D eigenvalue weighted by atomic mass is 10.4. The molecule has 0 bridgehead atoms. The van der Waals surface area contributed by atoms with Crippen LogP contribution >= 0.6 is 24.0 Å². The monoisotopic (exact) mass is 542 g/mol. The first kappa shape index (κ1) is 25.9. The van der Waals surface area contributed by atoms with Gasteiger partial charge in [0.15, 0.2) is 5.96 Å². The predicted molar refractivity (Wildman–Crippen MR) is 118 cm³/mol. The standard InChI is InChI=1S/C18H25F3N6O2.HI/c1-2-22-16(23-7-4-11-28-13-14-5-3-12-29-14)25-9-10-26-17-24-8-6-15(27-17)18(19,20)21;/h3,5-6,8,12H,2,4,7,9-11,13H2,1H3,(H2,22,23,25)(H,24,26,27);1H. The number of ether oxygens (including phenoxy) is 1. The topological polar surface area (TPSA) is 96.6 Å². The summed E-state index contributed by atoms with van der Waals surface area (Å²) in [7, 11) is 0. The number of alkyl halides is 3. The fraction of sp³-hybridized carbons (Fsp3) is 0.500. The summed E-state index contributed by atoms with van der Waals surface area (Å²) in [6.07, 6.45) is -1.08. The number of nitrogens with one attached hydrogen (secondary N) is 3. The number of furan rings is 1. The molecule has 0 saturated heterocycles. The summed E-state index contributed by atoms with van der Waals surface area (Å²) in [5.41, 5.74) is -0.980. The highest BCUT2D eigenvalue weighted by molar-refractivity contribution is 14.0. The van der Waals surface area contributed by atoms with Gasteiger partial charge in [-0.2, -0.15) is 13.2 Å². The minimum atomic E-state index is -4.50. The SMILES string of the molecule is CCNC(=NCCCOCc1ccco1)NCCNc1nccc(C(F)(F)F)n1.I. The number of halogens is 4. The van der Waals surface area contributed by atoms with Gasteiger partial charge in [-0.3, -0.25) is 4.99 Å². The number of guanidine groups is 1. The lowest BCUT2D eigenvalue weighted by molar-refractivity contribution is -0.141. The molecule has 0 radical (unpaired) electrons. The first-order valence-corrected chi connectivity index (χ1v) is 9.25. The van der Waals surface area contributed by atoms with Crippen molar-refractivity contribution in [1.29, 1.82) is 0 Å². The fourth-order valence-electron chi connectivity index (χ4n) is 2.22. The minimum Gasteiger partial charge on any atom is -0.467 e. The summed E-state index contributed by atoms with van der Waals surface area (Å²) in [5, 5.41) is 8.95. The van der Waals surface area contributed by atoms with E-state index in [4.69, 9.17) is 9.15 Å². The largest absolute Gasteiger partial charge is 0.467 e. The molecule has 30 heavy (non-hydrogen) atoms. The number of anilines is 1. The average molecular weight is 542 g/mol. The Hall–Kier alpha value is -2.09. The van der Waals surface area contributed by atoms with Crippen LogP contribution in [-0.2, 0) is 17.5 Å². The van der Waals surface area contributed by atoms with Gasteiger partial charge in [-0.1, -0.05) is 0 Å². The highest BCUT2D eigenvalue weighted by atomic mass is 127. The molecule has 0 aliphatic heterocycles. The smallest absolute Gasteiger partial charge is 0.433 e. The quantitative estimate of drug-likeness (QED) is 0.174. The van der Waals surface area contributed by atoms with Crippen LogP contribution in [0.2, 0.25) is 0 Å². The molecule has 0 amide bonds. The second-order valence-electron chi connectivity index (χ2n) is 5.86. The van der Waals surface area contributed by atoms with Gasteiger partial charge in [0.1, 0.15) is 18.1 Å². The van der Waals surface area contributed by atoms with E-state index in [1.54, 1.807) is 6.26 Å². The summed E-state index contributed by atoms with van der Waals surface area (Å²) in [5.74, 6) is 1.32. The van der Waals surface area contributed by atoms with Crippen LogP contribution in [0.25, 0.3) is 0 Å². The minimum absolute atomic E-state index is 0. The van der Waals surface area contributed by atoms with Crippen molar-refractivity contribution < 1.29 is 22.3 Å². The molecule has 0 aliphatic rings. The number of aliphatic imine (C=N–C) groups is 1. The maximum absolute atomic E-state index is 12.6. The van der Waals surface area contributed by atoms with Gasteiger partial charge in [-0.05, 0) is 31.5 Å². The molecule has 2 heterocycles. The van der Waals surface area contributed by atoms with Gasteiger partial charge >= 0.3 is 6.18 Å². The van der Waals surface area contributed by atoms with Crippen molar-refractivity contribution in [1.82, 2.24) is 20.6 Å². The Morgan fingerprint density at radius 1 is 1.23 bits per heavy atom. The van der Waals surface area contributed by atoms with Crippen LogP contribution in [0, 0.1) is 0 Å². The van der Waals surface area contributed by atoms with E-state index in [0.717, 1.165) is 24.4 Å². The number of hydrogen-bond donors (Lipinski definition) is 3. The van der Waals surface area contributed by atoms with Crippen LogP contribution in [-0.4, -0.2) is 48.7 Å². The summed E-state index contributed by atoms with van der Waals surface area (Å²) < 4.78 is 48.6. The molecule has 168 valence electrons. The Labute approximate surface area is 190 Å².